The van der Waals surface area contributed by atoms with Crippen LogP contribution in [0.25, 0.3) is 10.8 Å². The Morgan fingerprint density at radius 2 is 1.60 bits per heavy atom. The summed E-state index contributed by atoms with van der Waals surface area (Å²) in [6.07, 6.45) is 6.81. The lowest BCUT2D eigenvalue weighted by atomic mass is 9.86. The van der Waals surface area contributed by atoms with Crippen LogP contribution >= 0.6 is 0 Å². The number of piperidine rings is 1. The van der Waals surface area contributed by atoms with Crippen LogP contribution in [0, 0.1) is 0 Å². The van der Waals surface area contributed by atoms with E-state index in [4.69, 9.17) is 0 Å². The molecule has 7 heteroatoms. The van der Waals surface area contributed by atoms with Crippen molar-refractivity contribution in [3.05, 3.63) is 113 Å². The number of likely N-dealkylation sites (tertiary alicyclic amines) is 1. The molecule has 2 atom stereocenters. The molecule has 0 radical (unpaired) electrons. The van der Waals surface area contributed by atoms with E-state index in [1.165, 1.54) is 49.0 Å². The van der Waals surface area contributed by atoms with Gasteiger partial charge in [0.05, 0.1) is 17.0 Å². The summed E-state index contributed by atoms with van der Waals surface area (Å²) >= 11 is 0. The lowest BCUT2D eigenvalue weighted by molar-refractivity contribution is -0.122. The molecule has 0 bridgehead atoms. The number of fused-ring (bicyclic) bond motifs is 2. The number of aryl methyl sites for hydroxylation is 1. The van der Waals surface area contributed by atoms with Crippen LogP contribution in [0.3, 0.4) is 0 Å². The number of benzene rings is 4. The van der Waals surface area contributed by atoms with Gasteiger partial charge in [0.2, 0.25) is 15.9 Å². The molecular formula is C35H39N3O3S. The molecule has 4 aromatic rings. The zero-order valence-corrected chi connectivity index (χ0v) is 24.8. The van der Waals surface area contributed by atoms with Crippen LogP contribution in [-0.4, -0.2) is 32.3 Å². The summed E-state index contributed by atoms with van der Waals surface area (Å²) in [5, 5.41) is 5.07. The number of rotatable bonds is 9. The Morgan fingerprint density at radius 1 is 0.833 bits per heavy atom. The Labute approximate surface area is 249 Å². The number of carbonyl (C=O) groups is 1. The molecule has 218 valence electrons. The second-order valence-electron chi connectivity index (χ2n) is 11.7. The minimum absolute atomic E-state index is 0.00962. The average molecular weight is 582 g/mol. The van der Waals surface area contributed by atoms with Crippen molar-refractivity contribution in [3.8, 4) is 0 Å². The fourth-order valence-electron chi connectivity index (χ4n) is 6.43. The molecule has 4 aromatic carbocycles. The predicted molar refractivity (Wildman–Crippen MR) is 167 cm³/mol. The van der Waals surface area contributed by atoms with Crippen LogP contribution in [0.2, 0.25) is 0 Å². The monoisotopic (exact) mass is 581 g/mol. The molecular weight excluding hydrogens is 542 g/mol. The average Bonchev–Trinajstić information content (AvgIpc) is 3.01. The van der Waals surface area contributed by atoms with Crippen LogP contribution in [0.5, 0.6) is 0 Å². The summed E-state index contributed by atoms with van der Waals surface area (Å²) in [7, 11) is -3.88. The minimum atomic E-state index is -3.88. The van der Waals surface area contributed by atoms with E-state index in [1.54, 1.807) is 12.1 Å². The molecule has 1 heterocycles. The number of carbonyl (C=O) groups excluding carboxylic acids is 1. The van der Waals surface area contributed by atoms with Crippen LogP contribution in [0.1, 0.15) is 72.9 Å². The maximum Gasteiger partial charge on any atom is 0.241 e. The van der Waals surface area contributed by atoms with E-state index in [0.29, 0.717) is 0 Å². The Balaban J connectivity index is 1.17. The summed E-state index contributed by atoms with van der Waals surface area (Å²) in [6, 6.07) is 28.1. The molecule has 0 aromatic heterocycles. The van der Waals surface area contributed by atoms with E-state index in [9.17, 15) is 13.2 Å². The maximum atomic E-state index is 13.5. The summed E-state index contributed by atoms with van der Waals surface area (Å²) in [4.78, 5) is 16.2. The third-order valence-electron chi connectivity index (χ3n) is 8.63. The van der Waals surface area contributed by atoms with Gasteiger partial charge in [-0.25, -0.2) is 13.1 Å². The molecule has 6 nitrogen and oxygen atoms in total. The highest BCUT2D eigenvalue weighted by molar-refractivity contribution is 7.89. The number of hydrogen-bond acceptors (Lipinski definition) is 4. The molecule has 2 unspecified atom stereocenters. The van der Waals surface area contributed by atoms with Crippen molar-refractivity contribution < 1.29 is 13.2 Å². The van der Waals surface area contributed by atoms with Crippen molar-refractivity contribution >= 4 is 26.7 Å². The number of amides is 1. The fraction of sp³-hybridized carbons (Fsp3) is 0.343. The zero-order valence-electron chi connectivity index (χ0n) is 24.0. The second-order valence-corrected chi connectivity index (χ2v) is 13.4. The third kappa shape index (κ3) is 6.75. The normalized spacial score (nSPS) is 18.3. The van der Waals surface area contributed by atoms with Gasteiger partial charge < -0.3 is 5.32 Å². The highest BCUT2D eigenvalue weighted by atomic mass is 32.2. The molecule has 1 fully saturated rings. The number of nitrogens with one attached hydrogen (secondary N) is 2. The molecule has 1 aliphatic heterocycles. The Morgan fingerprint density at radius 3 is 2.40 bits per heavy atom. The highest BCUT2D eigenvalue weighted by Gasteiger charge is 2.27. The predicted octanol–water partition coefficient (Wildman–Crippen LogP) is 6.43. The van der Waals surface area contributed by atoms with Crippen molar-refractivity contribution in [2.45, 2.75) is 68.5 Å². The lowest BCUT2D eigenvalue weighted by Gasteiger charge is -2.29. The second kappa shape index (κ2) is 12.8. The van der Waals surface area contributed by atoms with Crippen LogP contribution in [-0.2, 0) is 27.8 Å². The topological polar surface area (TPSA) is 78.5 Å². The third-order valence-corrected chi connectivity index (χ3v) is 10.1. The lowest BCUT2D eigenvalue weighted by Crippen LogP contribution is -2.36. The number of sulfonamides is 1. The molecule has 0 spiro atoms. The van der Waals surface area contributed by atoms with Crippen molar-refractivity contribution in [3.63, 3.8) is 0 Å². The van der Waals surface area contributed by atoms with Gasteiger partial charge in [0.1, 0.15) is 0 Å². The van der Waals surface area contributed by atoms with Gasteiger partial charge in [0, 0.05) is 13.0 Å². The van der Waals surface area contributed by atoms with Gasteiger partial charge in [-0.15, -0.1) is 0 Å². The molecule has 42 heavy (non-hydrogen) atoms. The Hall–Kier alpha value is -3.52. The fourth-order valence-corrected chi connectivity index (χ4v) is 7.69. The standard InChI is InChI=1S/C35H39N3O3S/c39-35(36-33-15-9-14-30-22-26(16-19-32(30)33)25-38-20-7-2-8-21-38)24-34(28-11-3-1-4-12-28)37-42(40,41)31-18-17-27-10-5-6-13-29(27)23-31/h1,3-6,10-13,16-19,22-23,33-34,37H,2,7-9,14-15,20-21,24-25H2,(H,36,39). The number of nitrogens with zero attached hydrogens (tertiary/aromatic N) is 1. The molecule has 0 saturated carbocycles. The molecule has 1 amide bonds. The van der Waals surface area contributed by atoms with Gasteiger partial charge in [-0.3, -0.25) is 9.69 Å². The first-order valence-electron chi connectivity index (χ1n) is 15.1. The van der Waals surface area contributed by atoms with E-state index in [0.717, 1.165) is 42.1 Å². The molecule has 1 aliphatic carbocycles. The molecule has 1 saturated heterocycles. The van der Waals surface area contributed by atoms with Crippen molar-refractivity contribution in [2.24, 2.45) is 0 Å². The molecule has 2 aliphatic rings. The van der Waals surface area contributed by atoms with Gasteiger partial charge in [-0.05, 0) is 90.4 Å². The number of hydrogen-bond donors (Lipinski definition) is 2. The first-order chi connectivity index (χ1) is 20.4. The highest BCUT2D eigenvalue weighted by Crippen LogP contribution is 2.32. The van der Waals surface area contributed by atoms with Gasteiger partial charge in [-0.1, -0.05) is 85.3 Å². The SMILES string of the molecule is O=C(CC(NS(=O)(=O)c1ccc2ccccc2c1)c1ccccc1)NC1CCCc2cc(CN3CCCCC3)ccc21. The van der Waals surface area contributed by atoms with Crippen molar-refractivity contribution in [2.75, 3.05) is 13.1 Å². The summed E-state index contributed by atoms with van der Waals surface area (Å²) in [5.41, 5.74) is 4.60. The molecule has 6 rings (SSSR count). The van der Waals surface area contributed by atoms with Gasteiger partial charge >= 0.3 is 0 Å². The van der Waals surface area contributed by atoms with E-state index >= 15 is 0 Å². The summed E-state index contributed by atoms with van der Waals surface area (Å²) in [5.74, 6) is -0.166. The van der Waals surface area contributed by atoms with Crippen molar-refractivity contribution in [1.82, 2.24) is 14.9 Å². The van der Waals surface area contributed by atoms with Crippen molar-refractivity contribution in [1.29, 1.82) is 0 Å². The maximum absolute atomic E-state index is 13.5. The van der Waals surface area contributed by atoms with E-state index in [-0.39, 0.29) is 23.3 Å². The summed E-state index contributed by atoms with van der Waals surface area (Å²) < 4.78 is 29.9. The van der Waals surface area contributed by atoms with Crippen LogP contribution in [0.15, 0.2) is 95.9 Å². The quantitative estimate of drug-likeness (QED) is 0.239. The Bertz CT molecular complexity index is 1650. The first kappa shape index (κ1) is 28.6. The van der Waals surface area contributed by atoms with E-state index in [2.05, 4.69) is 33.1 Å². The smallest absolute Gasteiger partial charge is 0.241 e. The van der Waals surface area contributed by atoms with Gasteiger partial charge in [-0.2, -0.15) is 0 Å². The molecule has 2 N–H and O–H groups in total. The largest absolute Gasteiger partial charge is 0.349 e. The minimum Gasteiger partial charge on any atom is -0.349 e. The van der Waals surface area contributed by atoms with Gasteiger partial charge in [0.25, 0.3) is 0 Å². The van der Waals surface area contributed by atoms with E-state index in [1.807, 2.05) is 60.7 Å². The van der Waals surface area contributed by atoms with Gasteiger partial charge in [0.15, 0.2) is 0 Å². The van der Waals surface area contributed by atoms with Crippen LogP contribution in [0.4, 0.5) is 0 Å². The zero-order chi connectivity index (χ0) is 28.9. The summed E-state index contributed by atoms with van der Waals surface area (Å²) in [6.45, 7) is 3.33. The Kier molecular flexibility index (Phi) is 8.70. The first-order valence-corrected chi connectivity index (χ1v) is 16.6. The van der Waals surface area contributed by atoms with E-state index < -0.39 is 16.1 Å². The van der Waals surface area contributed by atoms with Crippen LogP contribution < -0.4 is 10.0 Å².